The van der Waals surface area contributed by atoms with Gasteiger partial charge in [0.15, 0.2) is 0 Å². The Morgan fingerprint density at radius 2 is 1.96 bits per heavy atom. The number of H-pyrrole nitrogens is 1. The molecule has 3 N–H and O–H groups in total. The number of amides is 1. The Bertz CT molecular complexity index is 931. The zero-order valence-corrected chi connectivity index (χ0v) is 16.1. The van der Waals surface area contributed by atoms with Crippen LogP contribution in [0.5, 0.6) is 0 Å². The standard InChI is InChI=1S/C20H26N6O/c1-4-26(5-2)12-11-25(3)17-13-14(9-10-22-17)20-23-16-8-6-7-15(19(21)27)18(16)24-20/h6-10,13H,4-5,11-12H2,1-3H3,(H2,21,27)(H,23,24). The third kappa shape index (κ3) is 4.09. The summed E-state index contributed by atoms with van der Waals surface area (Å²) in [7, 11) is 2.04. The summed E-state index contributed by atoms with van der Waals surface area (Å²) in [6.45, 7) is 8.30. The fourth-order valence-electron chi connectivity index (χ4n) is 3.09. The first kappa shape index (κ1) is 18.8. The lowest BCUT2D eigenvalue weighted by Crippen LogP contribution is -2.33. The highest BCUT2D eigenvalue weighted by Gasteiger charge is 2.13. The maximum absolute atomic E-state index is 11.6. The molecule has 0 saturated heterocycles. The normalized spacial score (nSPS) is 11.3. The largest absolute Gasteiger partial charge is 0.366 e. The van der Waals surface area contributed by atoms with Gasteiger partial charge in [0, 0.05) is 31.9 Å². The van der Waals surface area contributed by atoms with Crippen molar-refractivity contribution in [3.8, 4) is 11.4 Å². The second-order valence-corrected chi connectivity index (χ2v) is 6.50. The van der Waals surface area contributed by atoms with E-state index in [0.717, 1.165) is 43.1 Å². The van der Waals surface area contributed by atoms with Gasteiger partial charge in [-0.05, 0) is 37.4 Å². The summed E-state index contributed by atoms with van der Waals surface area (Å²) in [5.74, 6) is 1.10. The molecule has 3 rings (SSSR count). The van der Waals surface area contributed by atoms with Crippen LogP contribution in [0.1, 0.15) is 24.2 Å². The summed E-state index contributed by atoms with van der Waals surface area (Å²) in [6.07, 6.45) is 1.78. The number of anilines is 1. The van der Waals surface area contributed by atoms with E-state index in [-0.39, 0.29) is 0 Å². The van der Waals surface area contributed by atoms with E-state index in [1.807, 2.05) is 25.2 Å². The first-order valence-electron chi connectivity index (χ1n) is 9.22. The maximum Gasteiger partial charge on any atom is 0.250 e. The van der Waals surface area contributed by atoms with Gasteiger partial charge in [0.25, 0.3) is 5.91 Å². The van der Waals surface area contributed by atoms with Gasteiger partial charge in [-0.1, -0.05) is 19.9 Å². The quantitative estimate of drug-likeness (QED) is 0.639. The van der Waals surface area contributed by atoms with Crippen LogP contribution in [-0.4, -0.2) is 59.0 Å². The molecular formula is C20H26N6O. The molecule has 1 aromatic carbocycles. The van der Waals surface area contributed by atoms with Crippen LogP contribution in [0.15, 0.2) is 36.5 Å². The predicted octanol–water partition coefficient (Wildman–Crippen LogP) is 2.50. The highest BCUT2D eigenvalue weighted by Crippen LogP contribution is 2.24. The Hall–Kier alpha value is -2.93. The number of para-hydroxylation sites is 1. The molecule has 0 radical (unpaired) electrons. The van der Waals surface area contributed by atoms with Crippen molar-refractivity contribution >= 4 is 22.8 Å². The fourth-order valence-corrected chi connectivity index (χ4v) is 3.09. The summed E-state index contributed by atoms with van der Waals surface area (Å²) in [5, 5.41) is 0. The minimum atomic E-state index is -0.481. The molecule has 0 saturated carbocycles. The maximum atomic E-state index is 11.6. The molecule has 142 valence electrons. The van der Waals surface area contributed by atoms with Gasteiger partial charge in [-0.15, -0.1) is 0 Å². The first-order chi connectivity index (χ1) is 13.0. The van der Waals surface area contributed by atoms with E-state index < -0.39 is 5.91 Å². The van der Waals surface area contributed by atoms with E-state index >= 15 is 0 Å². The molecule has 0 bridgehead atoms. The smallest absolute Gasteiger partial charge is 0.250 e. The summed E-state index contributed by atoms with van der Waals surface area (Å²) < 4.78 is 0. The van der Waals surface area contributed by atoms with Crippen LogP contribution in [0.2, 0.25) is 0 Å². The molecule has 27 heavy (non-hydrogen) atoms. The minimum Gasteiger partial charge on any atom is -0.366 e. The Morgan fingerprint density at radius 1 is 1.19 bits per heavy atom. The number of primary amides is 1. The number of carbonyl (C=O) groups excluding carboxylic acids is 1. The summed E-state index contributed by atoms with van der Waals surface area (Å²) >= 11 is 0. The topological polar surface area (TPSA) is 91.1 Å². The number of imidazole rings is 1. The lowest BCUT2D eigenvalue weighted by Gasteiger charge is -2.24. The van der Waals surface area contributed by atoms with Crippen LogP contribution in [0.4, 0.5) is 5.82 Å². The molecule has 0 aliphatic carbocycles. The molecule has 0 aliphatic heterocycles. The van der Waals surface area contributed by atoms with Crippen molar-refractivity contribution in [1.29, 1.82) is 0 Å². The Kier molecular flexibility index (Phi) is 5.71. The van der Waals surface area contributed by atoms with Gasteiger partial charge < -0.3 is 20.5 Å². The number of benzene rings is 1. The van der Waals surface area contributed by atoms with Crippen molar-refractivity contribution in [1.82, 2.24) is 19.9 Å². The zero-order chi connectivity index (χ0) is 19.4. The number of hydrogen-bond donors (Lipinski definition) is 2. The molecule has 2 heterocycles. The molecule has 3 aromatic rings. The van der Waals surface area contributed by atoms with E-state index in [2.05, 4.69) is 38.6 Å². The van der Waals surface area contributed by atoms with Gasteiger partial charge in [0.2, 0.25) is 0 Å². The van der Waals surface area contributed by atoms with Crippen molar-refractivity contribution in [2.24, 2.45) is 5.73 Å². The van der Waals surface area contributed by atoms with Gasteiger partial charge in [0.1, 0.15) is 17.2 Å². The van der Waals surface area contributed by atoms with Gasteiger partial charge >= 0.3 is 0 Å². The number of aromatic nitrogens is 3. The van der Waals surface area contributed by atoms with E-state index in [4.69, 9.17) is 5.73 Å². The number of likely N-dealkylation sites (N-methyl/N-ethyl adjacent to an activating group) is 2. The van der Waals surface area contributed by atoms with Crippen molar-refractivity contribution < 1.29 is 4.79 Å². The van der Waals surface area contributed by atoms with Crippen LogP contribution < -0.4 is 10.6 Å². The van der Waals surface area contributed by atoms with E-state index in [0.29, 0.717) is 16.9 Å². The molecule has 0 atom stereocenters. The first-order valence-corrected chi connectivity index (χ1v) is 9.22. The number of carbonyl (C=O) groups is 1. The van der Waals surface area contributed by atoms with Gasteiger partial charge in [0.05, 0.1) is 11.1 Å². The van der Waals surface area contributed by atoms with E-state index in [9.17, 15) is 4.79 Å². The van der Waals surface area contributed by atoms with Crippen LogP contribution in [-0.2, 0) is 0 Å². The van der Waals surface area contributed by atoms with Crippen molar-refractivity contribution in [2.45, 2.75) is 13.8 Å². The second kappa shape index (κ2) is 8.18. The molecule has 2 aromatic heterocycles. The molecule has 0 fully saturated rings. The molecular weight excluding hydrogens is 340 g/mol. The lowest BCUT2D eigenvalue weighted by atomic mass is 10.2. The highest BCUT2D eigenvalue weighted by atomic mass is 16.1. The molecule has 7 heteroatoms. The Balaban J connectivity index is 1.86. The van der Waals surface area contributed by atoms with Gasteiger partial charge in [-0.25, -0.2) is 9.97 Å². The molecule has 0 spiro atoms. The van der Waals surface area contributed by atoms with Crippen LogP contribution >= 0.6 is 0 Å². The average Bonchev–Trinajstić information content (AvgIpc) is 3.13. The van der Waals surface area contributed by atoms with Crippen LogP contribution in [0.25, 0.3) is 22.4 Å². The SMILES string of the molecule is CCN(CC)CCN(C)c1cc(-c2nc3c(C(N)=O)cccc3[nH]2)ccn1. The van der Waals surface area contributed by atoms with Crippen LogP contribution in [0, 0.1) is 0 Å². The highest BCUT2D eigenvalue weighted by molar-refractivity contribution is 6.04. The zero-order valence-electron chi connectivity index (χ0n) is 16.1. The number of nitrogens with one attached hydrogen (secondary N) is 1. The van der Waals surface area contributed by atoms with Gasteiger partial charge in [-0.3, -0.25) is 4.79 Å². The van der Waals surface area contributed by atoms with Crippen molar-refractivity contribution in [3.05, 3.63) is 42.1 Å². The Morgan fingerprint density at radius 3 is 2.67 bits per heavy atom. The summed E-state index contributed by atoms with van der Waals surface area (Å²) in [6, 6.07) is 9.28. The summed E-state index contributed by atoms with van der Waals surface area (Å²) in [4.78, 5) is 28.5. The number of nitrogens with two attached hydrogens (primary N) is 1. The molecule has 1 amide bonds. The van der Waals surface area contributed by atoms with Crippen molar-refractivity contribution in [3.63, 3.8) is 0 Å². The molecule has 7 nitrogen and oxygen atoms in total. The monoisotopic (exact) mass is 366 g/mol. The van der Waals surface area contributed by atoms with Crippen LogP contribution in [0.3, 0.4) is 0 Å². The second-order valence-electron chi connectivity index (χ2n) is 6.50. The number of fused-ring (bicyclic) bond motifs is 1. The molecule has 0 unspecified atom stereocenters. The van der Waals surface area contributed by atoms with E-state index in [1.165, 1.54) is 0 Å². The van der Waals surface area contributed by atoms with Crippen molar-refractivity contribution in [2.75, 3.05) is 38.1 Å². The number of nitrogens with zero attached hydrogens (tertiary/aromatic N) is 4. The number of aromatic amines is 1. The number of hydrogen-bond acceptors (Lipinski definition) is 5. The third-order valence-electron chi connectivity index (χ3n) is 4.83. The van der Waals surface area contributed by atoms with Gasteiger partial charge in [-0.2, -0.15) is 0 Å². The minimum absolute atomic E-state index is 0.417. The summed E-state index contributed by atoms with van der Waals surface area (Å²) in [5.41, 5.74) is 8.17. The third-order valence-corrected chi connectivity index (χ3v) is 4.83. The Labute approximate surface area is 159 Å². The van der Waals surface area contributed by atoms with E-state index in [1.54, 1.807) is 18.3 Å². The average molecular weight is 366 g/mol. The molecule has 0 aliphatic rings. The lowest BCUT2D eigenvalue weighted by molar-refractivity contribution is 0.100. The fraction of sp³-hybridized carbons (Fsp3) is 0.350. The predicted molar refractivity (Wildman–Crippen MR) is 109 cm³/mol. The number of rotatable bonds is 8. The number of pyridine rings is 1.